The van der Waals surface area contributed by atoms with Crippen LogP contribution in [0.4, 0.5) is 5.69 Å². The first-order valence-electron chi connectivity index (χ1n) is 7.75. The lowest BCUT2D eigenvalue weighted by Crippen LogP contribution is -2.31. The van der Waals surface area contributed by atoms with Crippen molar-refractivity contribution in [1.29, 1.82) is 0 Å². The molecule has 24 heavy (non-hydrogen) atoms. The van der Waals surface area contributed by atoms with Crippen LogP contribution >= 0.6 is 11.6 Å². The summed E-state index contributed by atoms with van der Waals surface area (Å²) >= 11 is 6.17. The van der Waals surface area contributed by atoms with Gasteiger partial charge in [-0.2, -0.15) is 0 Å². The lowest BCUT2D eigenvalue weighted by atomic mass is 9.87. The van der Waals surface area contributed by atoms with Crippen molar-refractivity contribution in [2.75, 3.05) is 4.90 Å². The first kappa shape index (κ1) is 16.5. The Balaban J connectivity index is 1.98. The third-order valence-corrected chi connectivity index (χ3v) is 4.43. The maximum Gasteiger partial charge on any atom is 0.277 e. The molecule has 2 aromatic carbocycles. The summed E-state index contributed by atoms with van der Waals surface area (Å²) in [5.74, 6) is -0.872. The third kappa shape index (κ3) is 2.76. The van der Waals surface area contributed by atoms with Gasteiger partial charge < -0.3 is 0 Å². The van der Waals surface area contributed by atoms with Gasteiger partial charge in [0.25, 0.3) is 11.8 Å². The van der Waals surface area contributed by atoms with Gasteiger partial charge in [0, 0.05) is 0 Å². The smallest absolute Gasteiger partial charge is 0.268 e. The minimum Gasteiger partial charge on any atom is -0.268 e. The molecule has 4 heteroatoms. The minimum absolute atomic E-state index is 0.00263. The summed E-state index contributed by atoms with van der Waals surface area (Å²) in [7, 11) is 0. The van der Waals surface area contributed by atoms with Gasteiger partial charge in [0.2, 0.25) is 0 Å². The zero-order valence-corrected chi connectivity index (χ0v) is 14.6. The molecule has 2 amide bonds. The fourth-order valence-corrected chi connectivity index (χ4v) is 2.98. The summed E-state index contributed by atoms with van der Waals surface area (Å²) in [5.41, 5.74) is 2.56. The van der Waals surface area contributed by atoms with Crippen LogP contribution in [0.5, 0.6) is 0 Å². The monoisotopic (exact) mass is 339 g/mol. The molecule has 0 radical (unpaired) electrons. The molecule has 0 saturated heterocycles. The number of nitrogens with zero attached hydrogens (tertiary/aromatic N) is 1. The Morgan fingerprint density at radius 1 is 0.833 bits per heavy atom. The van der Waals surface area contributed by atoms with Crippen molar-refractivity contribution >= 4 is 34.7 Å². The topological polar surface area (TPSA) is 37.4 Å². The molecule has 122 valence electrons. The molecule has 0 saturated carbocycles. The number of hydrogen-bond acceptors (Lipinski definition) is 2. The van der Waals surface area contributed by atoms with Crippen LogP contribution in [0.25, 0.3) is 5.57 Å². The van der Waals surface area contributed by atoms with Crippen molar-refractivity contribution in [1.82, 2.24) is 0 Å². The molecule has 0 unspecified atom stereocenters. The predicted molar refractivity (Wildman–Crippen MR) is 96.9 cm³/mol. The number of hydrogen-bond donors (Lipinski definition) is 0. The molecule has 0 spiro atoms. The standard InChI is InChI=1S/C20H18ClNO2/c1-20(2,3)14-9-11-15(12-10-14)22-18(23)16(17(21)19(22)24)13-7-5-4-6-8-13/h4-12H,1-3H3. The van der Waals surface area contributed by atoms with Crippen molar-refractivity contribution < 1.29 is 9.59 Å². The van der Waals surface area contributed by atoms with E-state index in [9.17, 15) is 9.59 Å². The molecule has 3 nitrogen and oxygen atoms in total. The maximum atomic E-state index is 12.8. The van der Waals surface area contributed by atoms with Gasteiger partial charge in [0.15, 0.2) is 0 Å². The fourth-order valence-electron chi connectivity index (χ4n) is 2.70. The number of imide groups is 1. The molecule has 0 aliphatic carbocycles. The van der Waals surface area contributed by atoms with Gasteiger partial charge in [0.05, 0.1) is 11.3 Å². The molecule has 0 aromatic heterocycles. The lowest BCUT2D eigenvalue weighted by molar-refractivity contribution is -0.119. The number of halogens is 1. The van der Waals surface area contributed by atoms with E-state index < -0.39 is 5.91 Å². The number of benzene rings is 2. The first-order valence-corrected chi connectivity index (χ1v) is 8.13. The number of carbonyl (C=O) groups is 2. The number of anilines is 1. The van der Waals surface area contributed by atoms with E-state index in [0.29, 0.717) is 11.3 Å². The van der Waals surface area contributed by atoms with Gasteiger partial charge in [-0.3, -0.25) is 9.59 Å². The molecule has 0 bridgehead atoms. The van der Waals surface area contributed by atoms with E-state index in [-0.39, 0.29) is 21.9 Å². The average molecular weight is 340 g/mol. The second kappa shape index (κ2) is 5.91. The molecular formula is C20H18ClNO2. The fraction of sp³-hybridized carbons (Fsp3) is 0.200. The Kier molecular flexibility index (Phi) is 4.06. The van der Waals surface area contributed by atoms with Crippen LogP contribution in [0.1, 0.15) is 31.9 Å². The highest BCUT2D eigenvalue weighted by Crippen LogP contribution is 2.35. The van der Waals surface area contributed by atoms with E-state index in [1.165, 1.54) is 0 Å². The molecule has 0 fully saturated rings. The second-order valence-corrected chi connectivity index (χ2v) is 7.18. The van der Waals surface area contributed by atoms with Gasteiger partial charge in [-0.05, 0) is 28.7 Å². The summed E-state index contributed by atoms with van der Waals surface area (Å²) in [6.07, 6.45) is 0. The van der Waals surface area contributed by atoms with E-state index in [0.717, 1.165) is 10.5 Å². The van der Waals surface area contributed by atoms with E-state index in [1.807, 2.05) is 30.3 Å². The van der Waals surface area contributed by atoms with Crippen LogP contribution in [-0.4, -0.2) is 11.8 Å². The van der Waals surface area contributed by atoms with Gasteiger partial charge in [-0.15, -0.1) is 0 Å². The van der Waals surface area contributed by atoms with E-state index >= 15 is 0 Å². The molecule has 2 aromatic rings. The SMILES string of the molecule is CC(C)(C)c1ccc(N2C(=O)C(Cl)=C(c3ccccc3)C2=O)cc1. The second-order valence-electron chi connectivity index (χ2n) is 6.80. The van der Waals surface area contributed by atoms with Crippen molar-refractivity contribution in [3.8, 4) is 0 Å². The van der Waals surface area contributed by atoms with Crippen molar-refractivity contribution in [2.45, 2.75) is 26.2 Å². The molecule has 0 atom stereocenters. The van der Waals surface area contributed by atoms with Crippen LogP contribution < -0.4 is 4.90 Å². The number of carbonyl (C=O) groups excluding carboxylic acids is 2. The summed E-state index contributed by atoms with van der Waals surface area (Å²) in [5, 5.41) is -0.0360. The summed E-state index contributed by atoms with van der Waals surface area (Å²) in [6, 6.07) is 16.5. The number of rotatable bonds is 2. The van der Waals surface area contributed by atoms with Crippen LogP contribution in [0.15, 0.2) is 59.6 Å². The zero-order valence-electron chi connectivity index (χ0n) is 13.8. The normalized spacial score (nSPS) is 15.4. The molecule has 0 N–H and O–H groups in total. The Labute approximate surface area is 146 Å². The van der Waals surface area contributed by atoms with Crippen molar-refractivity contribution in [3.05, 3.63) is 70.8 Å². The maximum absolute atomic E-state index is 12.8. The predicted octanol–water partition coefficient (Wildman–Crippen LogP) is 4.51. The lowest BCUT2D eigenvalue weighted by Gasteiger charge is -2.21. The van der Waals surface area contributed by atoms with Crippen LogP contribution in [0.3, 0.4) is 0 Å². The Bertz CT molecular complexity index is 830. The minimum atomic E-state index is -0.482. The summed E-state index contributed by atoms with van der Waals surface area (Å²) < 4.78 is 0. The number of amides is 2. The van der Waals surface area contributed by atoms with Gasteiger partial charge in [-0.1, -0.05) is 74.8 Å². The highest BCUT2D eigenvalue weighted by atomic mass is 35.5. The quantitative estimate of drug-likeness (QED) is 0.755. The van der Waals surface area contributed by atoms with Crippen LogP contribution in [-0.2, 0) is 15.0 Å². The average Bonchev–Trinajstić information content (AvgIpc) is 2.77. The first-order chi connectivity index (χ1) is 11.3. The molecule has 1 heterocycles. The van der Waals surface area contributed by atoms with Crippen LogP contribution in [0, 0.1) is 0 Å². The summed E-state index contributed by atoms with van der Waals surface area (Å²) in [6.45, 7) is 6.33. The molecule has 1 aliphatic rings. The largest absolute Gasteiger partial charge is 0.277 e. The highest BCUT2D eigenvalue weighted by Gasteiger charge is 2.39. The zero-order chi connectivity index (χ0) is 17.5. The Morgan fingerprint density at radius 3 is 1.96 bits per heavy atom. The van der Waals surface area contributed by atoms with Gasteiger partial charge in [-0.25, -0.2) is 4.90 Å². The van der Waals surface area contributed by atoms with E-state index in [1.54, 1.807) is 24.3 Å². The van der Waals surface area contributed by atoms with Crippen LogP contribution in [0.2, 0.25) is 0 Å². The highest BCUT2D eigenvalue weighted by molar-refractivity contribution is 6.60. The van der Waals surface area contributed by atoms with E-state index in [2.05, 4.69) is 20.8 Å². The van der Waals surface area contributed by atoms with Crippen molar-refractivity contribution in [2.24, 2.45) is 0 Å². The molecular weight excluding hydrogens is 322 g/mol. The van der Waals surface area contributed by atoms with E-state index in [4.69, 9.17) is 11.6 Å². The molecule has 1 aliphatic heterocycles. The Hall–Kier alpha value is -2.39. The van der Waals surface area contributed by atoms with Crippen molar-refractivity contribution in [3.63, 3.8) is 0 Å². The van der Waals surface area contributed by atoms with Gasteiger partial charge >= 0.3 is 0 Å². The molecule has 3 rings (SSSR count). The Morgan fingerprint density at radius 2 is 1.42 bits per heavy atom. The van der Waals surface area contributed by atoms with Gasteiger partial charge in [0.1, 0.15) is 5.03 Å². The summed E-state index contributed by atoms with van der Waals surface area (Å²) in [4.78, 5) is 26.4. The third-order valence-electron chi connectivity index (χ3n) is 4.08.